The van der Waals surface area contributed by atoms with Crippen LogP contribution in [0.2, 0.25) is 5.02 Å². The highest BCUT2D eigenvalue weighted by atomic mass is 35.5. The van der Waals surface area contributed by atoms with Gasteiger partial charge in [0.25, 0.3) is 15.9 Å². The Bertz CT molecular complexity index is 921. The number of carbonyl (C=O) groups is 1. The number of amides is 1. The molecule has 1 amide bonds. The minimum atomic E-state index is -3.82. The Labute approximate surface area is 164 Å². The van der Waals surface area contributed by atoms with Gasteiger partial charge in [-0.3, -0.25) is 9.52 Å². The molecule has 6 nitrogen and oxygen atoms in total. The fourth-order valence-corrected chi connectivity index (χ4v) is 4.28. The van der Waals surface area contributed by atoms with E-state index in [4.69, 9.17) is 16.3 Å². The number of rotatable bonds is 4. The summed E-state index contributed by atoms with van der Waals surface area (Å²) in [5.41, 5.74) is 0.724. The van der Waals surface area contributed by atoms with Gasteiger partial charge in [-0.15, -0.1) is 0 Å². The van der Waals surface area contributed by atoms with Gasteiger partial charge in [-0.2, -0.15) is 0 Å². The first-order valence-electron chi connectivity index (χ1n) is 8.58. The highest BCUT2D eigenvalue weighted by molar-refractivity contribution is 7.92. The van der Waals surface area contributed by atoms with Gasteiger partial charge in [0.15, 0.2) is 0 Å². The molecule has 1 heterocycles. The summed E-state index contributed by atoms with van der Waals surface area (Å²) in [6, 6.07) is 12.4. The van der Waals surface area contributed by atoms with Crippen LogP contribution in [0.4, 0.5) is 5.69 Å². The van der Waals surface area contributed by atoms with Crippen molar-refractivity contribution in [2.45, 2.75) is 31.0 Å². The van der Waals surface area contributed by atoms with Crippen LogP contribution in [-0.4, -0.2) is 44.5 Å². The summed E-state index contributed by atoms with van der Waals surface area (Å²) in [5.74, 6) is -0.208. The fraction of sp³-hybridized carbons (Fsp3) is 0.316. The van der Waals surface area contributed by atoms with Crippen molar-refractivity contribution in [1.29, 1.82) is 0 Å². The Balaban J connectivity index is 1.82. The van der Waals surface area contributed by atoms with E-state index in [-0.39, 0.29) is 23.0 Å². The number of morpholine rings is 1. The molecule has 144 valence electrons. The zero-order valence-corrected chi connectivity index (χ0v) is 16.6. The van der Waals surface area contributed by atoms with Gasteiger partial charge < -0.3 is 9.64 Å². The van der Waals surface area contributed by atoms with Crippen molar-refractivity contribution < 1.29 is 17.9 Å². The third kappa shape index (κ3) is 4.80. The van der Waals surface area contributed by atoms with Gasteiger partial charge in [0, 0.05) is 29.4 Å². The molecule has 0 bridgehead atoms. The van der Waals surface area contributed by atoms with Gasteiger partial charge >= 0.3 is 0 Å². The normalized spacial score (nSPS) is 20.3. The summed E-state index contributed by atoms with van der Waals surface area (Å²) in [4.78, 5) is 14.5. The van der Waals surface area contributed by atoms with Crippen LogP contribution in [0.5, 0.6) is 0 Å². The molecule has 3 rings (SSSR count). The fourth-order valence-electron chi connectivity index (χ4n) is 3.05. The Morgan fingerprint density at radius 1 is 1.11 bits per heavy atom. The van der Waals surface area contributed by atoms with Crippen LogP contribution in [0.3, 0.4) is 0 Å². The average Bonchev–Trinajstić information content (AvgIpc) is 2.62. The lowest BCUT2D eigenvalue weighted by atomic mass is 10.1. The van der Waals surface area contributed by atoms with Gasteiger partial charge in [0.05, 0.1) is 17.1 Å². The summed E-state index contributed by atoms with van der Waals surface area (Å²) < 4.78 is 33.4. The van der Waals surface area contributed by atoms with E-state index in [1.165, 1.54) is 12.1 Å². The van der Waals surface area contributed by atoms with E-state index >= 15 is 0 Å². The van der Waals surface area contributed by atoms with Crippen LogP contribution >= 0.6 is 11.6 Å². The van der Waals surface area contributed by atoms with Crippen molar-refractivity contribution in [1.82, 2.24) is 4.90 Å². The van der Waals surface area contributed by atoms with E-state index in [1.54, 1.807) is 41.3 Å². The van der Waals surface area contributed by atoms with Crippen LogP contribution in [-0.2, 0) is 14.8 Å². The molecule has 0 aliphatic carbocycles. The van der Waals surface area contributed by atoms with Crippen LogP contribution in [0.25, 0.3) is 0 Å². The molecular formula is C19H21ClN2O4S. The topological polar surface area (TPSA) is 75.7 Å². The van der Waals surface area contributed by atoms with Crippen molar-refractivity contribution in [3.05, 3.63) is 59.1 Å². The summed E-state index contributed by atoms with van der Waals surface area (Å²) >= 11 is 5.82. The Hall–Kier alpha value is -2.09. The molecule has 0 spiro atoms. The Morgan fingerprint density at radius 2 is 1.74 bits per heavy atom. The predicted octanol–water partition coefficient (Wildman–Crippen LogP) is 3.39. The first-order chi connectivity index (χ1) is 12.7. The van der Waals surface area contributed by atoms with E-state index in [2.05, 4.69) is 4.72 Å². The van der Waals surface area contributed by atoms with Crippen molar-refractivity contribution in [3.63, 3.8) is 0 Å². The molecule has 1 aliphatic rings. The third-order valence-electron chi connectivity index (χ3n) is 4.19. The molecule has 8 heteroatoms. The number of benzene rings is 2. The van der Waals surface area contributed by atoms with Gasteiger partial charge in [-0.25, -0.2) is 8.42 Å². The molecule has 1 aliphatic heterocycles. The molecule has 0 radical (unpaired) electrons. The minimum Gasteiger partial charge on any atom is -0.372 e. The molecule has 0 saturated carbocycles. The van der Waals surface area contributed by atoms with E-state index in [0.29, 0.717) is 29.4 Å². The number of hydrogen-bond donors (Lipinski definition) is 1. The number of hydrogen-bond acceptors (Lipinski definition) is 4. The molecule has 2 aromatic rings. The molecule has 0 unspecified atom stereocenters. The Kier molecular flexibility index (Phi) is 5.74. The lowest BCUT2D eigenvalue weighted by Gasteiger charge is -2.35. The number of carbonyl (C=O) groups excluding carboxylic acids is 1. The van der Waals surface area contributed by atoms with Crippen molar-refractivity contribution in [2.24, 2.45) is 0 Å². The standard InChI is InChI=1S/C19H21ClN2O4S/c1-13-11-22(12-14(2)26-13)19(23)15-4-3-5-18(10-15)27(24,25)21-17-8-6-16(20)7-9-17/h3-10,13-14,21H,11-12H2,1-2H3/t13-,14-/m0/s1. The largest absolute Gasteiger partial charge is 0.372 e. The summed E-state index contributed by atoms with van der Waals surface area (Å²) in [6.07, 6.45) is -0.118. The molecule has 1 N–H and O–H groups in total. The van der Waals surface area contributed by atoms with Crippen molar-refractivity contribution in [2.75, 3.05) is 17.8 Å². The van der Waals surface area contributed by atoms with Crippen LogP contribution in [0.15, 0.2) is 53.4 Å². The van der Waals surface area contributed by atoms with E-state index in [1.807, 2.05) is 13.8 Å². The van der Waals surface area contributed by atoms with E-state index < -0.39 is 10.0 Å². The van der Waals surface area contributed by atoms with Gasteiger partial charge in [-0.05, 0) is 56.3 Å². The molecule has 2 atom stereocenters. The number of sulfonamides is 1. The quantitative estimate of drug-likeness (QED) is 0.841. The lowest BCUT2D eigenvalue weighted by molar-refractivity contribution is -0.0586. The third-order valence-corrected chi connectivity index (χ3v) is 5.83. The predicted molar refractivity (Wildman–Crippen MR) is 105 cm³/mol. The SMILES string of the molecule is C[C@H]1CN(C(=O)c2cccc(S(=O)(=O)Nc3ccc(Cl)cc3)c2)C[C@H](C)O1. The maximum atomic E-state index is 12.8. The number of halogens is 1. The van der Waals surface area contributed by atoms with Crippen molar-refractivity contribution >= 4 is 33.2 Å². The molecule has 0 aromatic heterocycles. The minimum absolute atomic E-state index is 0.0256. The first kappa shape index (κ1) is 19.7. The lowest BCUT2D eigenvalue weighted by Crippen LogP contribution is -2.48. The second-order valence-corrected chi connectivity index (χ2v) is 8.73. The van der Waals surface area contributed by atoms with Crippen LogP contribution in [0, 0.1) is 0 Å². The molecular weight excluding hydrogens is 388 g/mol. The molecule has 27 heavy (non-hydrogen) atoms. The maximum absolute atomic E-state index is 12.8. The van der Waals surface area contributed by atoms with Crippen molar-refractivity contribution in [3.8, 4) is 0 Å². The van der Waals surface area contributed by atoms with Gasteiger partial charge in [0.1, 0.15) is 0 Å². The zero-order chi connectivity index (χ0) is 19.6. The number of ether oxygens (including phenoxy) is 1. The summed E-state index contributed by atoms with van der Waals surface area (Å²) in [7, 11) is -3.82. The zero-order valence-electron chi connectivity index (χ0n) is 15.1. The first-order valence-corrected chi connectivity index (χ1v) is 10.4. The second kappa shape index (κ2) is 7.88. The maximum Gasteiger partial charge on any atom is 0.261 e. The summed E-state index contributed by atoms with van der Waals surface area (Å²) in [5, 5.41) is 0.513. The second-order valence-electron chi connectivity index (χ2n) is 6.61. The van der Waals surface area contributed by atoms with E-state index in [0.717, 1.165) is 0 Å². The highest BCUT2D eigenvalue weighted by Gasteiger charge is 2.27. The van der Waals surface area contributed by atoms with Crippen LogP contribution in [0.1, 0.15) is 24.2 Å². The monoisotopic (exact) mass is 408 g/mol. The van der Waals surface area contributed by atoms with Gasteiger partial charge in [0.2, 0.25) is 0 Å². The number of anilines is 1. The van der Waals surface area contributed by atoms with Gasteiger partial charge in [-0.1, -0.05) is 17.7 Å². The Morgan fingerprint density at radius 3 is 2.37 bits per heavy atom. The number of nitrogens with one attached hydrogen (secondary N) is 1. The summed E-state index contributed by atoms with van der Waals surface area (Å²) in [6.45, 7) is 4.77. The highest BCUT2D eigenvalue weighted by Crippen LogP contribution is 2.21. The van der Waals surface area contributed by atoms with Crippen LogP contribution < -0.4 is 4.72 Å². The number of nitrogens with zero attached hydrogens (tertiary/aromatic N) is 1. The molecule has 1 fully saturated rings. The average molecular weight is 409 g/mol. The molecule has 2 aromatic carbocycles. The molecule has 1 saturated heterocycles. The smallest absolute Gasteiger partial charge is 0.261 e. The van der Waals surface area contributed by atoms with E-state index in [9.17, 15) is 13.2 Å².